The number of alkyl halides is 3. The summed E-state index contributed by atoms with van der Waals surface area (Å²) >= 11 is 0. The highest BCUT2D eigenvalue weighted by Gasteiger charge is 2.41. The second-order valence-corrected chi connectivity index (χ2v) is 10.2. The first-order valence-electron chi connectivity index (χ1n) is 12.7. The van der Waals surface area contributed by atoms with Crippen molar-refractivity contribution >= 4 is 5.78 Å². The molecule has 0 amide bonds. The van der Waals surface area contributed by atoms with Gasteiger partial charge in [0, 0.05) is 12.0 Å². The van der Waals surface area contributed by atoms with Crippen LogP contribution in [0.1, 0.15) is 125 Å². The molecule has 0 aliphatic heterocycles. The van der Waals surface area contributed by atoms with Crippen molar-refractivity contribution in [1.29, 1.82) is 0 Å². The Labute approximate surface area is 190 Å². The molecule has 0 heterocycles. The summed E-state index contributed by atoms with van der Waals surface area (Å²) in [6, 6.07) is 2.71. The molecule has 0 radical (unpaired) electrons. The first-order valence-corrected chi connectivity index (χ1v) is 12.7. The molecule has 0 aromatic heterocycles. The molecule has 1 aromatic rings. The Kier molecular flexibility index (Phi) is 8.80. The summed E-state index contributed by atoms with van der Waals surface area (Å²) in [4.78, 5) is 12.9. The number of rotatable bonds is 8. The van der Waals surface area contributed by atoms with Gasteiger partial charge in [0.25, 0.3) is 0 Å². The van der Waals surface area contributed by atoms with Crippen LogP contribution in [0.2, 0.25) is 0 Å². The first-order chi connectivity index (χ1) is 15.2. The van der Waals surface area contributed by atoms with Gasteiger partial charge in [-0.15, -0.1) is 0 Å². The number of ketones is 1. The monoisotopic (exact) mass is 454 g/mol. The SMILES string of the molecule is CCCC1CCC(CC(=O)c2ccc(C3CCC(CCC)CC3)c(F)c2C(F)(F)F)CC1. The van der Waals surface area contributed by atoms with Crippen molar-refractivity contribution in [1.82, 2.24) is 0 Å². The van der Waals surface area contributed by atoms with E-state index in [1.54, 1.807) is 0 Å². The molecule has 0 N–H and O–H groups in total. The van der Waals surface area contributed by atoms with Crippen molar-refractivity contribution in [3.8, 4) is 0 Å². The van der Waals surface area contributed by atoms with E-state index in [4.69, 9.17) is 0 Å². The molecule has 2 aliphatic rings. The van der Waals surface area contributed by atoms with E-state index >= 15 is 4.39 Å². The lowest BCUT2D eigenvalue weighted by Gasteiger charge is -2.30. The van der Waals surface area contributed by atoms with E-state index in [1.165, 1.54) is 18.6 Å². The highest BCUT2D eigenvalue weighted by molar-refractivity contribution is 5.98. The lowest BCUT2D eigenvalue weighted by molar-refractivity contribution is -0.140. The van der Waals surface area contributed by atoms with Crippen LogP contribution in [0.25, 0.3) is 0 Å². The fourth-order valence-corrected chi connectivity index (χ4v) is 6.09. The zero-order valence-corrected chi connectivity index (χ0v) is 19.6. The lowest BCUT2D eigenvalue weighted by atomic mass is 9.76. The van der Waals surface area contributed by atoms with E-state index in [9.17, 15) is 18.0 Å². The number of benzene rings is 1. The Bertz CT molecular complexity index is 754. The van der Waals surface area contributed by atoms with Gasteiger partial charge in [-0.25, -0.2) is 4.39 Å². The average molecular weight is 455 g/mol. The van der Waals surface area contributed by atoms with Gasteiger partial charge < -0.3 is 0 Å². The minimum Gasteiger partial charge on any atom is -0.294 e. The summed E-state index contributed by atoms with van der Waals surface area (Å²) in [5.41, 5.74) is -1.67. The third-order valence-electron chi connectivity index (χ3n) is 7.88. The minimum absolute atomic E-state index is 0.0861. The van der Waals surface area contributed by atoms with E-state index in [0.717, 1.165) is 57.8 Å². The highest BCUT2D eigenvalue weighted by atomic mass is 19.4. The third-order valence-corrected chi connectivity index (χ3v) is 7.88. The average Bonchev–Trinajstić information content (AvgIpc) is 2.75. The Balaban J connectivity index is 1.75. The summed E-state index contributed by atoms with van der Waals surface area (Å²) in [5, 5.41) is 0. The molecule has 0 unspecified atom stereocenters. The van der Waals surface area contributed by atoms with Crippen molar-refractivity contribution in [3.05, 3.63) is 34.6 Å². The van der Waals surface area contributed by atoms with E-state index in [-0.39, 0.29) is 23.8 Å². The van der Waals surface area contributed by atoms with Gasteiger partial charge in [0.05, 0.1) is 0 Å². The Morgan fingerprint density at radius 3 is 1.84 bits per heavy atom. The standard InChI is InChI=1S/C27H38F4O/c1-3-5-18-7-9-20(10-8-18)17-24(32)23-16-15-22(26(28)25(23)27(29,30)31)21-13-11-19(6-4-2)12-14-21/h15-16,18-21H,3-14,17H2,1-2H3. The molecule has 5 heteroatoms. The van der Waals surface area contributed by atoms with Gasteiger partial charge in [-0.3, -0.25) is 4.79 Å². The smallest absolute Gasteiger partial charge is 0.294 e. The molecular weight excluding hydrogens is 416 g/mol. The quantitative estimate of drug-likeness (QED) is 0.283. The van der Waals surface area contributed by atoms with Crippen LogP contribution < -0.4 is 0 Å². The number of hydrogen-bond donors (Lipinski definition) is 0. The topological polar surface area (TPSA) is 17.1 Å². The molecule has 0 saturated heterocycles. The van der Waals surface area contributed by atoms with Gasteiger partial charge in [0.15, 0.2) is 5.78 Å². The number of Topliss-reactive ketones (excluding diaryl/α,β-unsaturated/α-hetero) is 1. The van der Waals surface area contributed by atoms with Crippen molar-refractivity contribution in [2.24, 2.45) is 17.8 Å². The van der Waals surface area contributed by atoms with Gasteiger partial charge >= 0.3 is 6.18 Å². The van der Waals surface area contributed by atoms with Crippen LogP contribution in [0.3, 0.4) is 0 Å². The maximum Gasteiger partial charge on any atom is 0.419 e. The molecule has 32 heavy (non-hydrogen) atoms. The van der Waals surface area contributed by atoms with Gasteiger partial charge in [-0.1, -0.05) is 64.5 Å². The molecule has 0 spiro atoms. The van der Waals surface area contributed by atoms with Crippen LogP contribution in [0.15, 0.2) is 12.1 Å². The Morgan fingerprint density at radius 1 is 0.844 bits per heavy atom. The molecule has 2 aliphatic carbocycles. The molecule has 1 nitrogen and oxygen atoms in total. The molecule has 2 fully saturated rings. The molecule has 0 atom stereocenters. The van der Waals surface area contributed by atoms with Crippen LogP contribution in [0.5, 0.6) is 0 Å². The number of halogens is 4. The second kappa shape index (κ2) is 11.2. The summed E-state index contributed by atoms with van der Waals surface area (Å²) in [7, 11) is 0. The molecule has 180 valence electrons. The molecular formula is C27H38F4O. The Hall–Kier alpha value is -1.39. The summed E-state index contributed by atoms with van der Waals surface area (Å²) in [6.07, 6.45) is 6.85. The number of carbonyl (C=O) groups excluding carboxylic acids is 1. The third kappa shape index (κ3) is 6.14. The first kappa shape index (κ1) is 25.2. The van der Waals surface area contributed by atoms with E-state index < -0.39 is 28.9 Å². The predicted octanol–water partition coefficient (Wildman–Crippen LogP) is 9.10. The van der Waals surface area contributed by atoms with E-state index in [0.29, 0.717) is 24.7 Å². The number of hydrogen-bond acceptors (Lipinski definition) is 1. The highest BCUT2D eigenvalue weighted by Crippen LogP contribution is 2.43. The molecule has 0 bridgehead atoms. The van der Waals surface area contributed by atoms with Gasteiger partial charge in [0.2, 0.25) is 0 Å². The molecule has 1 aromatic carbocycles. The van der Waals surface area contributed by atoms with Crippen molar-refractivity contribution < 1.29 is 22.4 Å². The van der Waals surface area contributed by atoms with Crippen LogP contribution in [0, 0.1) is 23.6 Å². The van der Waals surface area contributed by atoms with Crippen LogP contribution in [0.4, 0.5) is 17.6 Å². The molecule has 3 rings (SSSR count). The van der Waals surface area contributed by atoms with Crippen molar-refractivity contribution in [2.75, 3.05) is 0 Å². The predicted molar refractivity (Wildman–Crippen MR) is 120 cm³/mol. The lowest BCUT2D eigenvalue weighted by Crippen LogP contribution is -2.22. The summed E-state index contributed by atoms with van der Waals surface area (Å²) < 4.78 is 57.0. The minimum atomic E-state index is -4.87. The molecule has 2 saturated carbocycles. The Morgan fingerprint density at radius 2 is 1.34 bits per heavy atom. The van der Waals surface area contributed by atoms with Gasteiger partial charge in [-0.05, 0) is 67.8 Å². The van der Waals surface area contributed by atoms with Gasteiger partial charge in [-0.2, -0.15) is 13.2 Å². The summed E-state index contributed by atoms with van der Waals surface area (Å²) in [6.45, 7) is 4.29. The zero-order valence-electron chi connectivity index (χ0n) is 19.6. The fourth-order valence-electron chi connectivity index (χ4n) is 6.09. The zero-order chi connectivity index (χ0) is 23.3. The summed E-state index contributed by atoms with van der Waals surface area (Å²) in [5.74, 6) is -0.603. The normalized spacial score (nSPS) is 26.8. The fraction of sp³-hybridized carbons (Fsp3) is 0.741. The van der Waals surface area contributed by atoms with Crippen molar-refractivity contribution in [2.45, 2.75) is 109 Å². The maximum absolute atomic E-state index is 15.3. The number of carbonyl (C=O) groups is 1. The van der Waals surface area contributed by atoms with E-state index in [2.05, 4.69) is 13.8 Å². The van der Waals surface area contributed by atoms with Gasteiger partial charge in [0.1, 0.15) is 11.4 Å². The maximum atomic E-state index is 15.3. The largest absolute Gasteiger partial charge is 0.419 e. The second-order valence-electron chi connectivity index (χ2n) is 10.2. The van der Waals surface area contributed by atoms with Crippen LogP contribution in [-0.4, -0.2) is 5.78 Å². The van der Waals surface area contributed by atoms with Crippen LogP contribution >= 0.6 is 0 Å². The van der Waals surface area contributed by atoms with E-state index in [1.807, 2.05) is 0 Å². The van der Waals surface area contributed by atoms with Crippen LogP contribution in [-0.2, 0) is 6.18 Å². The van der Waals surface area contributed by atoms with Crippen molar-refractivity contribution in [3.63, 3.8) is 0 Å².